The number of H-pyrrole nitrogens is 1. The number of ether oxygens (including phenoxy) is 1. The molecule has 1 N–H and O–H groups in total. The second-order valence-electron chi connectivity index (χ2n) is 6.17. The summed E-state index contributed by atoms with van der Waals surface area (Å²) in [4.78, 5) is 12.3. The highest BCUT2D eigenvalue weighted by atomic mass is 16.5. The van der Waals surface area contributed by atoms with Crippen LogP contribution in [0.15, 0.2) is 36.9 Å². The van der Waals surface area contributed by atoms with Crippen LogP contribution in [0.4, 0.5) is 0 Å². The fourth-order valence-corrected chi connectivity index (χ4v) is 3.47. The number of hydrogen-bond acceptors (Lipinski definition) is 4. The third-order valence-corrected chi connectivity index (χ3v) is 4.70. The lowest BCUT2D eigenvalue weighted by molar-refractivity contribution is 0.398. The molecule has 25 heavy (non-hydrogen) atoms. The van der Waals surface area contributed by atoms with E-state index < -0.39 is 0 Å². The van der Waals surface area contributed by atoms with Crippen LogP contribution in [0.1, 0.15) is 0 Å². The Bertz CT molecular complexity index is 1260. The molecule has 124 valence electrons. The normalized spacial score (nSPS) is 11.8. The number of aromatic nitrogens is 6. The largest absolute Gasteiger partial charge is 0.481 e. The number of aryl methyl sites for hydroxylation is 2. The van der Waals surface area contributed by atoms with Gasteiger partial charge in [-0.15, -0.1) is 0 Å². The van der Waals surface area contributed by atoms with E-state index in [4.69, 9.17) is 4.74 Å². The minimum absolute atomic E-state index is 0.600. The molecule has 5 rings (SSSR count). The van der Waals surface area contributed by atoms with Gasteiger partial charge in [0.15, 0.2) is 0 Å². The zero-order valence-corrected chi connectivity index (χ0v) is 14.1. The van der Waals surface area contributed by atoms with E-state index in [2.05, 4.69) is 36.9 Å². The van der Waals surface area contributed by atoms with Crippen LogP contribution in [-0.2, 0) is 14.1 Å². The molecule has 0 fully saturated rings. The lowest BCUT2D eigenvalue weighted by Gasteiger charge is -2.00. The Morgan fingerprint density at radius 1 is 1.04 bits per heavy atom. The van der Waals surface area contributed by atoms with Crippen molar-refractivity contribution in [1.29, 1.82) is 0 Å². The molecule has 0 saturated carbocycles. The average molecular weight is 332 g/mol. The highest BCUT2D eigenvalue weighted by Crippen LogP contribution is 2.34. The Morgan fingerprint density at radius 2 is 1.92 bits per heavy atom. The van der Waals surface area contributed by atoms with Crippen LogP contribution >= 0.6 is 0 Å². The van der Waals surface area contributed by atoms with E-state index in [0.717, 1.165) is 44.1 Å². The van der Waals surface area contributed by atoms with Crippen LogP contribution in [-0.4, -0.2) is 36.4 Å². The fraction of sp³-hybridized carbons (Fsp3) is 0.167. The molecule has 5 aromatic rings. The zero-order valence-electron chi connectivity index (χ0n) is 14.1. The molecule has 0 saturated heterocycles. The maximum absolute atomic E-state index is 5.29. The predicted molar refractivity (Wildman–Crippen MR) is 96.6 cm³/mol. The molecular weight excluding hydrogens is 316 g/mol. The average Bonchev–Trinajstić information content (AvgIpc) is 3.30. The van der Waals surface area contributed by atoms with Gasteiger partial charge in [0.1, 0.15) is 5.65 Å². The third kappa shape index (κ3) is 1.89. The van der Waals surface area contributed by atoms with Gasteiger partial charge < -0.3 is 14.3 Å². The van der Waals surface area contributed by atoms with Crippen molar-refractivity contribution in [2.45, 2.75) is 0 Å². The van der Waals surface area contributed by atoms with E-state index in [-0.39, 0.29) is 0 Å². The molecule has 0 amide bonds. The fourth-order valence-electron chi connectivity index (χ4n) is 3.47. The molecule has 0 aliphatic carbocycles. The van der Waals surface area contributed by atoms with E-state index in [0.29, 0.717) is 5.88 Å². The summed E-state index contributed by atoms with van der Waals surface area (Å²) >= 11 is 0. The first-order valence-electron chi connectivity index (χ1n) is 7.94. The van der Waals surface area contributed by atoms with Crippen molar-refractivity contribution in [2.75, 3.05) is 7.11 Å². The molecule has 0 aliphatic rings. The van der Waals surface area contributed by atoms with Gasteiger partial charge in [-0.25, -0.2) is 9.97 Å². The van der Waals surface area contributed by atoms with Crippen molar-refractivity contribution in [2.24, 2.45) is 14.1 Å². The van der Waals surface area contributed by atoms with Gasteiger partial charge in [0, 0.05) is 60.0 Å². The third-order valence-electron chi connectivity index (χ3n) is 4.70. The highest BCUT2D eigenvalue weighted by molar-refractivity contribution is 6.06. The Kier molecular flexibility index (Phi) is 2.71. The predicted octanol–water partition coefficient (Wildman–Crippen LogP) is 3.01. The quantitative estimate of drug-likeness (QED) is 0.539. The summed E-state index contributed by atoms with van der Waals surface area (Å²) in [5.41, 5.74) is 5.07. The lowest BCUT2D eigenvalue weighted by atomic mass is 10.1. The van der Waals surface area contributed by atoms with Gasteiger partial charge >= 0.3 is 0 Å². The summed E-state index contributed by atoms with van der Waals surface area (Å²) in [6, 6.07) is 4.09. The molecule has 0 atom stereocenters. The van der Waals surface area contributed by atoms with Crippen LogP contribution in [0.2, 0.25) is 0 Å². The maximum atomic E-state index is 5.29. The number of fused-ring (bicyclic) bond motifs is 4. The molecular formula is C18H16N6O. The molecule has 5 heterocycles. The monoisotopic (exact) mass is 332 g/mol. The van der Waals surface area contributed by atoms with Crippen LogP contribution < -0.4 is 4.74 Å². The van der Waals surface area contributed by atoms with Crippen molar-refractivity contribution >= 4 is 32.8 Å². The molecule has 0 radical (unpaired) electrons. The molecule has 7 nitrogen and oxygen atoms in total. The van der Waals surface area contributed by atoms with E-state index in [1.54, 1.807) is 7.11 Å². The maximum Gasteiger partial charge on any atom is 0.213 e. The van der Waals surface area contributed by atoms with Crippen molar-refractivity contribution in [3.8, 4) is 17.1 Å². The molecule has 0 unspecified atom stereocenters. The van der Waals surface area contributed by atoms with Crippen LogP contribution in [0.5, 0.6) is 5.88 Å². The van der Waals surface area contributed by atoms with Crippen molar-refractivity contribution in [1.82, 2.24) is 29.3 Å². The van der Waals surface area contributed by atoms with Gasteiger partial charge in [-0.3, -0.25) is 4.68 Å². The van der Waals surface area contributed by atoms with E-state index >= 15 is 0 Å². The number of rotatable bonds is 2. The minimum Gasteiger partial charge on any atom is -0.481 e. The minimum atomic E-state index is 0.600. The van der Waals surface area contributed by atoms with Crippen LogP contribution in [0.25, 0.3) is 44.1 Å². The second-order valence-corrected chi connectivity index (χ2v) is 6.17. The topological polar surface area (TPSA) is 73.6 Å². The smallest absolute Gasteiger partial charge is 0.213 e. The van der Waals surface area contributed by atoms with E-state index in [9.17, 15) is 0 Å². The Balaban J connectivity index is 1.82. The summed E-state index contributed by atoms with van der Waals surface area (Å²) in [5, 5.41) is 7.52. The SMILES string of the molecule is COc1cc2c(-c3cc4c(ncc5cnn(C)c54)[nH]3)cn(C)c2cn1. The van der Waals surface area contributed by atoms with Crippen LogP contribution in [0, 0.1) is 0 Å². The van der Waals surface area contributed by atoms with Crippen molar-refractivity contribution in [3.63, 3.8) is 0 Å². The Labute approximate surface area is 142 Å². The molecule has 0 bridgehead atoms. The van der Waals surface area contributed by atoms with Gasteiger partial charge in [0.2, 0.25) is 5.88 Å². The lowest BCUT2D eigenvalue weighted by Crippen LogP contribution is -1.89. The molecule has 0 aliphatic heterocycles. The zero-order chi connectivity index (χ0) is 17.1. The first kappa shape index (κ1) is 14.0. The summed E-state index contributed by atoms with van der Waals surface area (Å²) in [6.07, 6.45) is 7.61. The summed E-state index contributed by atoms with van der Waals surface area (Å²) in [7, 11) is 5.59. The van der Waals surface area contributed by atoms with Gasteiger partial charge in [-0.05, 0) is 6.07 Å². The molecule has 7 heteroatoms. The first-order chi connectivity index (χ1) is 12.2. The standard InChI is InChI=1S/C18H16N6O/c1-23-9-13(11-5-16(25-3)19-8-15(11)23)14-4-12-17-10(7-21-24(17)2)6-20-18(12)22-14/h4-9H,1-3H3,(H,20,22). The number of pyridine rings is 2. The Morgan fingerprint density at radius 3 is 2.76 bits per heavy atom. The number of nitrogens with zero attached hydrogens (tertiary/aromatic N) is 5. The number of hydrogen-bond donors (Lipinski definition) is 1. The number of methoxy groups -OCH3 is 1. The summed E-state index contributed by atoms with van der Waals surface area (Å²) < 4.78 is 9.24. The van der Waals surface area contributed by atoms with Crippen LogP contribution in [0.3, 0.4) is 0 Å². The molecule has 0 spiro atoms. The summed E-state index contributed by atoms with van der Waals surface area (Å²) in [6.45, 7) is 0. The van der Waals surface area contributed by atoms with Crippen molar-refractivity contribution in [3.05, 3.63) is 36.9 Å². The molecule has 5 aromatic heterocycles. The number of nitrogens with one attached hydrogen (secondary N) is 1. The highest BCUT2D eigenvalue weighted by Gasteiger charge is 2.15. The van der Waals surface area contributed by atoms with Crippen molar-refractivity contribution < 1.29 is 4.74 Å². The second kappa shape index (κ2) is 4.83. The first-order valence-corrected chi connectivity index (χ1v) is 7.94. The molecule has 0 aromatic carbocycles. The van der Waals surface area contributed by atoms with Gasteiger partial charge in [0.25, 0.3) is 0 Å². The number of aromatic amines is 1. The van der Waals surface area contributed by atoms with Gasteiger partial charge in [0.05, 0.1) is 30.5 Å². The van der Waals surface area contributed by atoms with Gasteiger partial charge in [-0.1, -0.05) is 0 Å². The van der Waals surface area contributed by atoms with Gasteiger partial charge in [-0.2, -0.15) is 5.10 Å². The van der Waals surface area contributed by atoms with E-state index in [1.165, 1.54) is 0 Å². The summed E-state index contributed by atoms with van der Waals surface area (Å²) in [5.74, 6) is 0.600. The van der Waals surface area contributed by atoms with E-state index in [1.807, 2.05) is 43.4 Å². The Hall–Kier alpha value is -3.35.